The standard InChI is InChI=1S/C24H26F6N4O2S/c1-14(35)32-21-33-19(13-37-21)22(5-4-18(11-22)34-6-2-3-7-34)20(36)31-12-15-8-16(23(25,26)27)10-17(9-15)24(28,29)30/h8-10,13,18H,2-7,11-12H2,1H3,(H,31,36)(H,32,33,35). The zero-order valence-corrected chi connectivity index (χ0v) is 20.7. The molecular weight excluding hydrogens is 522 g/mol. The van der Waals surface area contributed by atoms with Crippen molar-refractivity contribution in [3.05, 3.63) is 46.0 Å². The van der Waals surface area contributed by atoms with Gasteiger partial charge in [-0.1, -0.05) is 0 Å². The van der Waals surface area contributed by atoms with Crippen LogP contribution in [-0.4, -0.2) is 40.8 Å². The molecule has 2 aliphatic rings. The number of amides is 2. The molecule has 0 bridgehead atoms. The van der Waals surface area contributed by atoms with Crippen molar-refractivity contribution in [3.63, 3.8) is 0 Å². The van der Waals surface area contributed by atoms with E-state index in [9.17, 15) is 35.9 Å². The minimum absolute atomic E-state index is 0.0588. The van der Waals surface area contributed by atoms with Gasteiger partial charge in [0.25, 0.3) is 0 Å². The molecule has 1 aromatic heterocycles. The number of hydrogen-bond acceptors (Lipinski definition) is 5. The zero-order valence-electron chi connectivity index (χ0n) is 19.9. The summed E-state index contributed by atoms with van der Waals surface area (Å²) in [5, 5.41) is 7.15. The number of carbonyl (C=O) groups excluding carboxylic acids is 2. The quantitative estimate of drug-likeness (QED) is 0.478. The summed E-state index contributed by atoms with van der Waals surface area (Å²) >= 11 is 1.15. The summed E-state index contributed by atoms with van der Waals surface area (Å²) in [6.45, 7) is 2.62. The van der Waals surface area contributed by atoms with Crippen LogP contribution in [0.2, 0.25) is 0 Å². The lowest BCUT2D eigenvalue weighted by Gasteiger charge is -2.29. The van der Waals surface area contributed by atoms with Gasteiger partial charge in [-0.2, -0.15) is 26.3 Å². The van der Waals surface area contributed by atoms with E-state index in [-0.39, 0.29) is 23.6 Å². The Hall–Kier alpha value is -2.67. The van der Waals surface area contributed by atoms with Crippen LogP contribution in [0.3, 0.4) is 0 Å². The molecule has 0 spiro atoms. The molecular formula is C24H26F6N4O2S. The number of carbonyl (C=O) groups is 2. The summed E-state index contributed by atoms with van der Waals surface area (Å²) in [7, 11) is 0. The maximum atomic E-state index is 13.6. The number of nitrogens with zero attached hydrogens (tertiary/aromatic N) is 2. The molecule has 1 saturated heterocycles. The number of halogens is 6. The molecule has 1 aromatic carbocycles. The molecule has 2 N–H and O–H groups in total. The molecule has 2 heterocycles. The van der Waals surface area contributed by atoms with Gasteiger partial charge in [0.05, 0.1) is 22.2 Å². The van der Waals surface area contributed by atoms with Gasteiger partial charge in [0.15, 0.2) is 5.13 Å². The highest BCUT2D eigenvalue weighted by Gasteiger charge is 2.50. The third kappa shape index (κ3) is 6.08. The first-order valence-electron chi connectivity index (χ1n) is 11.8. The van der Waals surface area contributed by atoms with Gasteiger partial charge in [-0.15, -0.1) is 11.3 Å². The van der Waals surface area contributed by atoms with Crippen molar-refractivity contribution in [2.45, 2.75) is 69.4 Å². The fourth-order valence-electron chi connectivity index (χ4n) is 5.17. The molecule has 37 heavy (non-hydrogen) atoms. The van der Waals surface area contributed by atoms with Gasteiger partial charge < -0.3 is 15.5 Å². The SMILES string of the molecule is CC(=O)Nc1nc(C2(C(=O)NCc3cc(C(F)(F)F)cc(C(F)(F)F)c3)CCC(N3CCCC3)C2)cs1. The van der Waals surface area contributed by atoms with Crippen molar-refractivity contribution in [1.82, 2.24) is 15.2 Å². The van der Waals surface area contributed by atoms with Crippen LogP contribution in [0.5, 0.6) is 0 Å². The number of rotatable bonds is 6. The molecule has 2 aromatic rings. The zero-order chi connectivity index (χ0) is 27.0. The highest BCUT2D eigenvalue weighted by atomic mass is 32.1. The van der Waals surface area contributed by atoms with Crippen LogP contribution in [-0.2, 0) is 33.9 Å². The normalized spacial score (nSPS) is 22.8. The number of aromatic nitrogens is 1. The van der Waals surface area contributed by atoms with Crippen molar-refractivity contribution < 1.29 is 35.9 Å². The molecule has 4 rings (SSSR count). The van der Waals surface area contributed by atoms with Crippen molar-refractivity contribution >= 4 is 28.3 Å². The van der Waals surface area contributed by atoms with Crippen LogP contribution in [0.25, 0.3) is 0 Å². The fraction of sp³-hybridized carbons (Fsp3) is 0.542. The second-order valence-corrected chi connectivity index (χ2v) is 10.4. The van der Waals surface area contributed by atoms with Gasteiger partial charge in [0, 0.05) is 24.9 Å². The van der Waals surface area contributed by atoms with Crippen molar-refractivity contribution in [2.75, 3.05) is 18.4 Å². The summed E-state index contributed by atoms with van der Waals surface area (Å²) in [5.41, 5.74) is -3.86. The van der Waals surface area contributed by atoms with Gasteiger partial charge in [-0.05, 0) is 69.0 Å². The first-order valence-corrected chi connectivity index (χ1v) is 12.7. The van der Waals surface area contributed by atoms with Gasteiger partial charge in [0.1, 0.15) is 0 Å². The van der Waals surface area contributed by atoms with E-state index in [2.05, 4.69) is 20.5 Å². The Morgan fingerprint density at radius 1 is 1.08 bits per heavy atom. The van der Waals surface area contributed by atoms with E-state index in [1.807, 2.05) is 0 Å². The number of hydrogen-bond donors (Lipinski definition) is 2. The van der Waals surface area contributed by atoms with E-state index in [1.165, 1.54) is 6.92 Å². The van der Waals surface area contributed by atoms with Crippen LogP contribution in [0.4, 0.5) is 31.5 Å². The maximum absolute atomic E-state index is 13.6. The third-order valence-electron chi connectivity index (χ3n) is 6.96. The van der Waals surface area contributed by atoms with E-state index >= 15 is 0 Å². The fourth-order valence-corrected chi connectivity index (χ4v) is 6.02. The lowest BCUT2D eigenvalue weighted by molar-refractivity contribution is -0.143. The molecule has 1 aliphatic carbocycles. The molecule has 202 valence electrons. The molecule has 6 nitrogen and oxygen atoms in total. The van der Waals surface area contributed by atoms with Crippen LogP contribution in [0, 0.1) is 0 Å². The Morgan fingerprint density at radius 3 is 2.27 bits per heavy atom. The predicted octanol–water partition coefficient (Wildman–Crippen LogP) is 5.34. The number of nitrogens with one attached hydrogen (secondary N) is 2. The van der Waals surface area contributed by atoms with E-state index in [4.69, 9.17) is 0 Å². The van der Waals surface area contributed by atoms with Crippen LogP contribution in [0.1, 0.15) is 61.4 Å². The van der Waals surface area contributed by atoms with Gasteiger partial charge in [0.2, 0.25) is 11.8 Å². The smallest absolute Gasteiger partial charge is 0.351 e. The molecule has 2 fully saturated rings. The average molecular weight is 549 g/mol. The summed E-state index contributed by atoms with van der Waals surface area (Å²) in [6, 6.07) is 1.39. The third-order valence-corrected chi connectivity index (χ3v) is 7.72. The van der Waals surface area contributed by atoms with Crippen molar-refractivity contribution in [2.24, 2.45) is 0 Å². The molecule has 1 aliphatic heterocycles. The van der Waals surface area contributed by atoms with E-state index in [1.54, 1.807) is 5.38 Å². The second-order valence-electron chi connectivity index (χ2n) is 9.54. The molecule has 2 atom stereocenters. The lowest BCUT2D eigenvalue weighted by Crippen LogP contribution is -2.44. The molecule has 2 amide bonds. The highest BCUT2D eigenvalue weighted by Crippen LogP contribution is 2.45. The second kappa shape index (κ2) is 10.2. The molecule has 1 saturated carbocycles. The number of benzene rings is 1. The number of thiazole rings is 1. The van der Waals surface area contributed by atoms with Gasteiger partial charge in [-0.25, -0.2) is 4.98 Å². The van der Waals surface area contributed by atoms with E-state index < -0.39 is 41.3 Å². The average Bonchev–Trinajstić information content (AvgIpc) is 3.56. The van der Waals surface area contributed by atoms with E-state index in [0.29, 0.717) is 42.2 Å². The first-order chi connectivity index (χ1) is 17.3. The summed E-state index contributed by atoms with van der Waals surface area (Å²) < 4.78 is 79.5. The van der Waals surface area contributed by atoms with Crippen LogP contribution in [0.15, 0.2) is 23.6 Å². The lowest BCUT2D eigenvalue weighted by atomic mass is 9.81. The predicted molar refractivity (Wildman–Crippen MR) is 125 cm³/mol. The Morgan fingerprint density at radius 2 is 1.70 bits per heavy atom. The monoisotopic (exact) mass is 548 g/mol. The molecule has 2 unspecified atom stereocenters. The maximum Gasteiger partial charge on any atom is 0.416 e. The Labute approximate surface area is 213 Å². The van der Waals surface area contributed by atoms with Gasteiger partial charge in [-0.3, -0.25) is 9.59 Å². The minimum Gasteiger partial charge on any atom is -0.351 e. The molecule has 0 radical (unpaired) electrons. The van der Waals surface area contributed by atoms with Crippen LogP contribution >= 0.6 is 11.3 Å². The molecule has 13 heteroatoms. The minimum atomic E-state index is -4.98. The Bertz CT molecular complexity index is 1130. The van der Waals surface area contributed by atoms with Gasteiger partial charge >= 0.3 is 12.4 Å². The topological polar surface area (TPSA) is 74.3 Å². The number of anilines is 1. The Kier molecular flexibility index (Phi) is 7.57. The van der Waals surface area contributed by atoms with Crippen molar-refractivity contribution in [3.8, 4) is 0 Å². The van der Waals surface area contributed by atoms with Crippen molar-refractivity contribution in [1.29, 1.82) is 0 Å². The Balaban J connectivity index is 1.60. The summed E-state index contributed by atoms with van der Waals surface area (Å²) in [4.78, 5) is 31.8. The number of likely N-dealkylation sites (tertiary alicyclic amines) is 1. The highest BCUT2D eigenvalue weighted by molar-refractivity contribution is 7.14. The van der Waals surface area contributed by atoms with Crippen LogP contribution < -0.4 is 10.6 Å². The first kappa shape index (κ1) is 27.4. The largest absolute Gasteiger partial charge is 0.416 e. The summed E-state index contributed by atoms with van der Waals surface area (Å²) in [6.07, 6.45) is -6.32. The summed E-state index contributed by atoms with van der Waals surface area (Å²) in [5.74, 6) is -0.842. The van der Waals surface area contributed by atoms with E-state index in [0.717, 1.165) is 37.3 Å². The number of alkyl halides is 6.